The Morgan fingerprint density at radius 1 is 1.04 bits per heavy atom. The van der Waals surface area contributed by atoms with E-state index in [4.69, 9.17) is 4.74 Å². The number of amides is 2. The van der Waals surface area contributed by atoms with E-state index in [2.05, 4.69) is 29.4 Å². The Hall–Kier alpha value is -0.810. The lowest BCUT2D eigenvalue weighted by Gasteiger charge is -2.56. The van der Waals surface area contributed by atoms with Gasteiger partial charge in [-0.25, -0.2) is 4.79 Å². The average Bonchev–Trinajstić information content (AvgIpc) is 2.60. The monoisotopic (exact) mass is 363 g/mol. The van der Waals surface area contributed by atoms with E-state index in [-0.39, 0.29) is 6.03 Å². The molecule has 0 aromatic carbocycles. The summed E-state index contributed by atoms with van der Waals surface area (Å²) in [6.45, 7) is 9.66. The van der Waals surface area contributed by atoms with Crippen molar-refractivity contribution >= 4 is 6.03 Å². The fourth-order valence-electron chi connectivity index (χ4n) is 6.73. The Kier molecular flexibility index (Phi) is 5.47. The predicted molar refractivity (Wildman–Crippen MR) is 103 cm³/mol. The zero-order valence-electron chi connectivity index (χ0n) is 16.6. The molecule has 0 radical (unpaired) electrons. The molecular weight excluding hydrogens is 326 g/mol. The van der Waals surface area contributed by atoms with E-state index in [0.717, 1.165) is 57.1 Å². The van der Waals surface area contributed by atoms with E-state index < -0.39 is 0 Å². The Labute approximate surface area is 158 Å². The molecule has 26 heavy (non-hydrogen) atoms. The van der Waals surface area contributed by atoms with Crippen molar-refractivity contribution in [3.05, 3.63) is 0 Å². The smallest absolute Gasteiger partial charge is 0.314 e. The van der Waals surface area contributed by atoms with Crippen molar-refractivity contribution in [2.45, 2.75) is 58.4 Å². The summed E-state index contributed by atoms with van der Waals surface area (Å²) in [6, 6.07) is 0.420. The van der Waals surface area contributed by atoms with Crippen LogP contribution in [0.25, 0.3) is 0 Å². The van der Waals surface area contributed by atoms with Gasteiger partial charge in [-0.15, -0.1) is 0 Å². The topological polar surface area (TPSA) is 53.6 Å². The second-order valence-corrected chi connectivity index (χ2v) is 9.94. The molecular formula is C21H37N3O2. The second-order valence-electron chi connectivity index (χ2n) is 9.94. The molecule has 5 aliphatic rings. The highest BCUT2D eigenvalue weighted by Crippen LogP contribution is 2.59. The van der Waals surface area contributed by atoms with Crippen LogP contribution in [-0.4, -0.2) is 56.4 Å². The summed E-state index contributed by atoms with van der Waals surface area (Å²) in [6.07, 6.45) is 8.42. The van der Waals surface area contributed by atoms with Gasteiger partial charge in [0.15, 0.2) is 0 Å². The van der Waals surface area contributed by atoms with Crippen LogP contribution in [0.1, 0.15) is 52.4 Å². The highest BCUT2D eigenvalue weighted by Gasteiger charge is 2.50. The minimum atomic E-state index is 0.0275. The molecule has 0 spiro atoms. The van der Waals surface area contributed by atoms with E-state index >= 15 is 0 Å². The minimum absolute atomic E-state index is 0.0275. The summed E-state index contributed by atoms with van der Waals surface area (Å²) < 4.78 is 5.47. The van der Waals surface area contributed by atoms with Crippen LogP contribution in [0.5, 0.6) is 0 Å². The maximum absolute atomic E-state index is 12.5. The fraction of sp³-hybridized carbons (Fsp3) is 0.952. The molecule has 5 nitrogen and oxygen atoms in total. The molecule has 2 amide bonds. The van der Waals surface area contributed by atoms with Gasteiger partial charge in [-0.1, -0.05) is 13.8 Å². The number of ether oxygens (including phenoxy) is 1. The molecule has 2 N–H and O–H groups in total. The summed E-state index contributed by atoms with van der Waals surface area (Å²) >= 11 is 0. The third-order valence-corrected chi connectivity index (χ3v) is 7.55. The largest absolute Gasteiger partial charge is 0.379 e. The van der Waals surface area contributed by atoms with Gasteiger partial charge in [-0.2, -0.15) is 0 Å². The van der Waals surface area contributed by atoms with E-state index in [9.17, 15) is 4.79 Å². The molecule has 0 aromatic rings. The summed E-state index contributed by atoms with van der Waals surface area (Å²) in [5.41, 5.74) is 0.410. The number of carbonyl (C=O) groups is 1. The molecule has 0 aromatic heterocycles. The third kappa shape index (κ3) is 4.04. The zero-order chi connectivity index (χ0) is 18.1. The standard InChI is InChI=1S/C21H37N3O2/c1-15(2)19(24-3-5-26-6-4-24)13-22-20(25)23-14-21-10-16-7-17(11-21)9-18(8-16)12-21/h15-19H,3-14H2,1-2H3,(H2,22,23,25)/t16?,17?,18?,19-,21?/m1/s1. The van der Waals surface area contributed by atoms with Crippen LogP contribution in [0.2, 0.25) is 0 Å². The maximum atomic E-state index is 12.5. The van der Waals surface area contributed by atoms with Crippen molar-refractivity contribution in [3.8, 4) is 0 Å². The highest BCUT2D eigenvalue weighted by atomic mass is 16.5. The molecule has 0 unspecified atom stereocenters. The molecule has 4 aliphatic carbocycles. The third-order valence-electron chi connectivity index (χ3n) is 7.55. The molecule has 1 heterocycles. The van der Waals surface area contributed by atoms with Crippen molar-refractivity contribution in [3.63, 3.8) is 0 Å². The molecule has 4 bridgehead atoms. The van der Waals surface area contributed by atoms with Gasteiger partial charge in [-0.3, -0.25) is 4.90 Å². The van der Waals surface area contributed by atoms with Gasteiger partial charge in [0.05, 0.1) is 13.2 Å². The second kappa shape index (κ2) is 7.67. The first-order valence-corrected chi connectivity index (χ1v) is 10.9. The summed E-state index contributed by atoms with van der Waals surface area (Å²) in [5.74, 6) is 3.35. The molecule has 148 valence electrons. The normalized spacial score (nSPS) is 37.7. The lowest BCUT2D eigenvalue weighted by Crippen LogP contribution is -2.54. The van der Waals surface area contributed by atoms with Crippen molar-refractivity contribution in [1.29, 1.82) is 0 Å². The van der Waals surface area contributed by atoms with Gasteiger partial charge in [0, 0.05) is 32.2 Å². The van der Waals surface area contributed by atoms with Crippen LogP contribution in [0.4, 0.5) is 4.79 Å². The number of carbonyl (C=O) groups excluding carboxylic acids is 1. The van der Waals surface area contributed by atoms with E-state index in [1.54, 1.807) is 0 Å². The number of nitrogens with one attached hydrogen (secondary N) is 2. The summed E-state index contributed by atoms with van der Waals surface area (Å²) in [4.78, 5) is 14.9. The van der Waals surface area contributed by atoms with Gasteiger partial charge in [0.1, 0.15) is 0 Å². The Balaban J connectivity index is 1.25. The van der Waals surface area contributed by atoms with Crippen molar-refractivity contribution in [1.82, 2.24) is 15.5 Å². The van der Waals surface area contributed by atoms with Gasteiger partial charge in [-0.05, 0) is 67.6 Å². The van der Waals surface area contributed by atoms with Gasteiger partial charge < -0.3 is 15.4 Å². The van der Waals surface area contributed by atoms with Crippen LogP contribution in [0.15, 0.2) is 0 Å². The Morgan fingerprint density at radius 2 is 1.62 bits per heavy atom. The number of hydrogen-bond acceptors (Lipinski definition) is 3. The molecule has 5 fully saturated rings. The van der Waals surface area contributed by atoms with Crippen LogP contribution in [0.3, 0.4) is 0 Å². The lowest BCUT2D eigenvalue weighted by atomic mass is 9.49. The molecule has 5 rings (SSSR count). The van der Waals surface area contributed by atoms with Gasteiger partial charge >= 0.3 is 6.03 Å². The van der Waals surface area contributed by atoms with E-state index in [0.29, 0.717) is 17.4 Å². The minimum Gasteiger partial charge on any atom is -0.379 e. The number of morpholine rings is 1. The maximum Gasteiger partial charge on any atom is 0.314 e. The first-order chi connectivity index (χ1) is 12.5. The predicted octanol–water partition coefficient (Wildman–Crippen LogP) is 2.86. The molecule has 1 aliphatic heterocycles. The van der Waals surface area contributed by atoms with E-state index in [1.807, 2.05) is 0 Å². The lowest BCUT2D eigenvalue weighted by molar-refractivity contribution is -0.0498. The molecule has 5 heteroatoms. The highest BCUT2D eigenvalue weighted by molar-refractivity contribution is 5.73. The SMILES string of the molecule is CC(C)[C@@H](CNC(=O)NCC12CC3CC(CC(C3)C1)C2)N1CCOCC1. The van der Waals surface area contributed by atoms with Crippen LogP contribution < -0.4 is 10.6 Å². The van der Waals surface area contributed by atoms with Crippen molar-refractivity contribution in [2.24, 2.45) is 29.1 Å². The van der Waals surface area contributed by atoms with Gasteiger partial charge in [0.2, 0.25) is 0 Å². The molecule has 4 saturated carbocycles. The number of rotatable bonds is 6. The Morgan fingerprint density at radius 3 is 2.15 bits per heavy atom. The van der Waals surface area contributed by atoms with E-state index in [1.165, 1.54) is 38.5 Å². The molecule has 1 atom stereocenters. The number of nitrogens with zero attached hydrogens (tertiary/aromatic N) is 1. The quantitative estimate of drug-likeness (QED) is 0.763. The first-order valence-electron chi connectivity index (χ1n) is 10.9. The average molecular weight is 364 g/mol. The van der Waals surface area contributed by atoms with Crippen LogP contribution in [-0.2, 0) is 4.74 Å². The van der Waals surface area contributed by atoms with Crippen molar-refractivity contribution in [2.75, 3.05) is 39.4 Å². The number of hydrogen-bond donors (Lipinski definition) is 2. The fourth-order valence-corrected chi connectivity index (χ4v) is 6.73. The van der Waals surface area contributed by atoms with Crippen molar-refractivity contribution < 1.29 is 9.53 Å². The summed E-state index contributed by atoms with van der Waals surface area (Å²) in [5, 5.41) is 6.41. The Bertz CT molecular complexity index is 466. The first kappa shape index (κ1) is 18.5. The zero-order valence-corrected chi connectivity index (χ0v) is 16.6. The molecule has 1 saturated heterocycles. The summed E-state index contributed by atoms with van der Waals surface area (Å²) in [7, 11) is 0. The number of urea groups is 1. The van der Waals surface area contributed by atoms with Gasteiger partial charge in [0.25, 0.3) is 0 Å². The van der Waals surface area contributed by atoms with Crippen LogP contribution in [0, 0.1) is 29.1 Å². The van der Waals surface area contributed by atoms with Crippen LogP contribution >= 0.6 is 0 Å².